The number of amides is 1. The molecule has 0 radical (unpaired) electrons. The van der Waals surface area contributed by atoms with E-state index in [2.05, 4.69) is 21.7 Å². The van der Waals surface area contributed by atoms with Crippen molar-refractivity contribution in [2.45, 2.75) is 25.4 Å². The zero-order valence-corrected chi connectivity index (χ0v) is 11.2. The molecule has 0 saturated heterocycles. The lowest BCUT2D eigenvalue weighted by atomic mass is 10.1. The van der Waals surface area contributed by atoms with Crippen LogP contribution in [-0.4, -0.2) is 16.9 Å². The second-order valence-electron chi connectivity index (χ2n) is 4.98. The minimum Gasteiger partial charge on any atom is -0.324 e. The third-order valence-electron chi connectivity index (χ3n) is 3.57. The van der Waals surface area contributed by atoms with Crippen LogP contribution in [-0.2, 0) is 17.8 Å². The summed E-state index contributed by atoms with van der Waals surface area (Å²) in [4.78, 5) is 16.3. The van der Waals surface area contributed by atoms with Crippen LogP contribution >= 0.6 is 0 Å². The smallest absolute Gasteiger partial charge is 0.241 e. The molecular formula is C16H17N3O. The Hall–Kier alpha value is -2.20. The van der Waals surface area contributed by atoms with E-state index in [9.17, 15) is 4.79 Å². The van der Waals surface area contributed by atoms with Gasteiger partial charge in [-0.2, -0.15) is 0 Å². The Morgan fingerprint density at radius 1 is 1.25 bits per heavy atom. The number of carbonyl (C=O) groups excluding carboxylic acids is 1. The molecule has 102 valence electrons. The number of fused-ring (bicyclic) bond motifs is 1. The molecule has 2 N–H and O–H groups in total. The van der Waals surface area contributed by atoms with Gasteiger partial charge >= 0.3 is 0 Å². The van der Waals surface area contributed by atoms with Crippen molar-refractivity contribution >= 4 is 11.6 Å². The van der Waals surface area contributed by atoms with Crippen LogP contribution in [0.5, 0.6) is 0 Å². The van der Waals surface area contributed by atoms with Crippen LogP contribution in [0.15, 0.2) is 48.8 Å². The van der Waals surface area contributed by atoms with Crippen LogP contribution in [0.1, 0.15) is 17.5 Å². The Labute approximate surface area is 118 Å². The second kappa shape index (κ2) is 5.84. The van der Waals surface area contributed by atoms with E-state index in [4.69, 9.17) is 0 Å². The summed E-state index contributed by atoms with van der Waals surface area (Å²) in [6.45, 7) is 0.655. The van der Waals surface area contributed by atoms with Crippen molar-refractivity contribution in [3.05, 3.63) is 59.9 Å². The summed E-state index contributed by atoms with van der Waals surface area (Å²) in [5.41, 5.74) is 3.22. The molecule has 0 saturated carbocycles. The molecule has 1 unspecified atom stereocenters. The van der Waals surface area contributed by atoms with E-state index in [1.54, 1.807) is 6.20 Å². The van der Waals surface area contributed by atoms with Crippen molar-refractivity contribution in [3.8, 4) is 0 Å². The van der Waals surface area contributed by atoms with Crippen LogP contribution in [0.4, 0.5) is 5.69 Å². The van der Waals surface area contributed by atoms with Gasteiger partial charge in [0.05, 0.1) is 6.04 Å². The highest BCUT2D eigenvalue weighted by Crippen LogP contribution is 2.21. The van der Waals surface area contributed by atoms with E-state index in [1.807, 2.05) is 36.5 Å². The third-order valence-corrected chi connectivity index (χ3v) is 3.57. The summed E-state index contributed by atoms with van der Waals surface area (Å²) in [6, 6.07) is 11.7. The summed E-state index contributed by atoms with van der Waals surface area (Å²) in [7, 11) is 0. The lowest BCUT2D eigenvalue weighted by molar-refractivity contribution is -0.118. The average Bonchev–Trinajstić information content (AvgIpc) is 2.65. The topological polar surface area (TPSA) is 54.0 Å². The highest BCUT2D eigenvalue weighted by molar-refractivity contribution is 5.96. The highest BCUT2D eigenvalue weighted by Gasteiger charge is 2.22. The largest absolute Gasteiger partial charge is 0.324 e. The Morgan fingerprint density at radius 2 is 2.15 bits per heavy atom. The number of benzene rings is 1. The predicted octanol–water partition coefficient (Wildman–Crippen LogP) is 2.12. The monoisotopic (exact) mass is 267 g/mol. The summed E-state index contributed by atoms with van der Waals surface area (Å²) in [5.74, 6) is 0.0406. The fourth-order valence-electron chi connectivity index (χ4n) is 2.45. The number of aromatic nitrogens is 1. The number of aryl methyl sites for hydroxylation is 1. The molecule has 4 nitrogen and oxygen atoms in total. The van der Waals surface area contributed by atoms with Gasteiger partial charge in [-0.25, -0.2) is 0 Å². The molecule has 0 fully saturated rings. The van der Waals surface area contributed by atoms with Crippen molar-refractivity contribution in [2.24, 2.45) is 0 Å². The number of para-hydroxylation sites is 1. The number of carbonyl (C=O) groups is 1. The van der Waals surface area contributed by atoms with Crippen molar-refractivity contribution < 1.29 is 4.79 Å². The Morgan fingerprint density at radius 3 is 3.00 bits per heavy atom. The molecule has 1 aromatic carbocycles. The zero-order valence-electron chi connectivity index (χ0n) is 11.2. The van der Waals surface area contributed by atoms with Gasteiger partial charge in [-0.05, 0) is 36.1 Å². The van der Waals surface area contributed by atoms with Gasteiger partial charge in [0, 0.05) is 24.6 Å². The molecule has 0 bridgehead atoms. The summed E-state index contributed by atoms with van der Waals surface area (Å²) >= 11 is 0. The Balaban J connectivity index is 1.66. The van der Waals surface area contributed by atoms with E-state index >= 15 is 0 Å². The van der Waals surface area contributed by atoms with Gasteiger partial charge < -0.3 is 10.6 Å². The first kappa shape index (κ1) is 12.8. The number of anilines is 1. The van der Waals surface area contributed by atoms with E-state index < -0.39 is 0 Å². The molecule has 2 aromatic rings. The van der Waals surface area contributed by atoms with Gasteiger partial charge in [0.15, 0.2) is 0 Å². The second-order valence-corrected chi connectivity index (χ2v) is 4.98. The minimum atomic E-state index is -0.164. The molecule has 20 heavy (non-hydrogen) atoms. The number of hydrogen-bond acceptors (Lipinski definition) is 3. The van der Waals surface area contributed by atoms with Crippen LogP contribution in [0.25, 0.3) is 0 Å². The maximum Gasteiger partial charge on any atom is 0.241 e. The summed E-state index contributed by atoms with van der Waals surface area (Å²) in [5, 5.41) is 6.30. The summed E-state index contributed by atoms with van der Waals surface area (Å²) in [6.07, 6.45) is 5.28. The van der Waals surface area contributed by atoms with Crippen LogP contribution in [0.3, 0.4) is 0 Å². The molecule has 0 aliphatic carbocycles. The standard InChI is InChI=1S/C16H17N3O/c20-16-15(18-11-12-4-3-9-17-10-12)8-7-13-5-1-2-6-14(13)19-16/h1-6,9-10,15,18H,7-8,11H2,(H,19,20). The van der Waals surface area contributed by atoms with Crippen molar-refractivity contribution in [3.63, 3.8) is 0 Å². The zero-order chi connectivity index (χ0) is 13.8. The fourth-order valence-corrected chi connectivity index (χ4v) is 2.45. The van der Waals surface area contributed by atoms with Crippen molar-refractivity contribution in [1.29, 1.82) is 0 Å². The molecule has 2 heterocycles. The maximum absolute atomic E-state index is 12.2. The van der Waals surface area contributed by atoms with E-state index in [0.29, 0.717) is 6.54 Å². The lowest BCUT2D eigenvalue weighted by Gasteiger charge is -2.15. The van der Waals surface area contributed by atoms with Gasteiger partial charge in [-0.3, -0.25) is 9.78 Å². The lowest BCUT2D eigenvalue weighted by Crippen LogP contribution is -2.39. The molecule has 1 aliphatic heterocycles. The first-order chi connectivity index (χ1) is 9.83. The molecule has 3 rings (SSSR count). The van der Waals surface area contributed by atoms with E-state index in [-0.39, 0.29) is 11.9 Å². The number of nitrogens with zero attached hydrogens (tertiary/aromatic N) is 1. The molecule has 4 heteroatoms. The molecule has 1 aliphatic rings. The molecule has 0 spiro atoms. The molecular weight excluding hydrogens is 250 g/mol. The van der Waals surface area contributed by atoms with Gasteiger partial charge in [0.1, 0.15) is 0 Å². The number of pyridine rings is 1. The molecule has 1 atom stereocenters. The first-order valence-corrected chi connectivity index (χ1v) is 6.84. The van der Waals surface area contributed by atoms with Crippen LogP contribution in [0, 0.1) is 0 Å². The molecule has 1 amide bonds. The van der Waals surface area contributed by atoms with E-state index in [1.165, 1.54) is 5.56 Å². The number of hydrogen-bond donors (Lipinski definition) is 2. The third kappa shape index (κ3) is 2.86. The quantitative estimate of drug-likeness (QED) is 0.895. The first-order valence-electron chi connectivity index (χ1n) is 6.84. The Bertz CT molecular complexity index is 598. The molecule has 1 aromatic heterocycles. The van der Waals surface area contributed by atoms with Crippen LogP contribution in [0.2, 0.25) is 0 Å². The fraction of sp³-hybridized carbons (Fsp3) is 0.250. The number of nitrogens with one attached hydrogen (secondary N) is 2. The summed E-state index contributed by atoms with van der Waals surface area (Å²) < 4.78 is 0. The minimum absolute atomic E-state index is 0.0406. The van der Waals surface area contributed by atoms with Crippen LogP contribution < -0.4 is 10.6 Å². The van der Waals surface area contributed by atoms with E-state index in [0.717, 1.165) is 24.1 Å². The number of rotatable bonds is 3. The normalized spacial score (nSPS) is 18.0. The Kier molecular flexibility index (Phi) is 3.74. The van der Waals surface area contributed by atoms with Gasteiger partial charge in [-0.1, -0.05) is 24.3 Å². The van der Waals surface area contributed by atoms with Crippen molar-refractivity contribution in [2.75, 3.05) is 5.32 Å². The van der Waals surface area contributed by atoms with Gasteiger partial charge in [0.2, 0.25) is 5.91 Å². The maximum atomic E-state index is 12.2. The average molecular weight is 267 g/mol. The highest BCUT2D eigenvalue weighted by atomic mass is 16.2. The predicted molar refractivity (Wildman–Crippen MR) is 78.3 cm³/mol. The van der Waals surface area contributed by atoms with Crippen molar-refractivity contribution in [1.82, 2.24) is 10.3 Å². The van der Waals surface area contributed by atoms with Gasteiger partial charge in [-0.15, -0.1) is 0 Å². The van der Waals surface area contributed by atoms with Gasteiger partial charge in [0.25, 0.3) is 0 Å². The SMILES string of the molecule is O=C1Nc2ccccc2CCC1NCc1cccnc1.